The summed E-state index contributed by atoms with van der Waals surface area (Å²) in [6, 6.07) is 8.54. The van der Waals surface area contributed by atoms with Crippen molar-refractivity contribution < 1.29 is 9.53 Å². The van der Waals surface area contributed by atoms with Crippen LogP contribution in [0.5, 0.6) is 0 Å². The highest BCUT2D eigenvalue weighted by molar-refractivity contribution is 9.10. The molecule has 104 valence electrons. The minimum Gasteiger partial charge on any atom is -0.468 e. The average Bonchev–Trinajstić information content (AvgIpc) is 3.21. The van der Waals surface area contributed by atoms with Crippen molar-refractivity contribution in [2.75, 3.05) is 12.9 Å². The summed E-state index contributed by atoms with van der Waals surface area (Å²) in [5.74, 6) is 0.748. The number of nitrogens with one attached hydrogen (secondary N) is 1. The Morgan fingerprint density at radius 2 is 2.37 bits per heavy atom. The molecular weight excluding hydrogens is 326 g/mol. The average molecular weight is 344 g/mol. The van der Waals surface area contributed by atoms with E-state index in [1.165, 1.54) is 24.8 Å². The van der Waals surface area contributed by atoms with Crippen LogP contribution in [0.3, 0.4) is 0 Å². The molecule has 1 saturated carbocycles. The van der Waals surface area contributed by atoms with Crippen molar-refractivity contribution in [1.29, 1.82) is 0 Å². The lowest BCUT2D eigenvalue weighted by Crippen LogP contribution is -2.39. The van der Waals surface area contributed by atoms with E-state index in [1.54, 1.807) is 11.8 Å². The SMILES string of the molecule is COC(=O)C(CCSc1cccc(Br)c1)NC1CC1. The molecule has 1 unspecified atom stereocenters. The molecule has 1 aliphatic rings. The lowest BCUT2D eigenvalue weighted by molar-refractivity contribution is -0.143. The van der Waals surface area contributed by atoms with Crippen molar-refractivity contribution >= 4 is 33.7 Å². The third kappa shape index (κ3) is 5.16. The highest BCUT2D eigenvalue weighted by Gasteiger charge is 2.28. The number of carbonyl (C=O) groups is 1. The number of hydrogen-bond acceptors (Lipinski definition) is 4. The Labute approximate surface area is 126 Å². The second-order valence-electron chi connectivity index (χ2n) is 4.61. The van der Waals surface area contributed by atoms with Gasteiger partial charge in [-0.2, -0.15) is 0 Å². The van der Waals surface area contributed by atoms with Gasteiger partial charge < -0.3 is 10.1 Å². The zero-order valence-corrected chi connectivity index (χ0v) is 13.3. The summed E-state index contributed by atoms with van der Waals surface area (Å²) < 4.78 is 5.93. The predicted molar refractivity (Wildman–Crippen MR) is 81.4 cm³/mol. The molecule has 0 spiro atoms. The van der Waals surface area contributed by atoms with Gasteiger partial charge in [-0.15, -0.1) is 11.8 Å². The van der Waals surface area contributed by atoms with E-state index in [-0.39, 0.29) is 12.0 Å². The number of rotatable bonds is 7. The van der Waals surface area contributed by atoms with Gasteiger partial charge in [0.1, 0.15) is 6.04 Å². The molecule has 0 aliphatic heterocycles. The normalized spacial score (nSPS) is 16.1. The van der Waals surface area contributed by atoms with Gasteiger partial charge in [-0.25, -0.2) is 0 Å². The zero-order valence-electron chi connectivity index (χ0n) is 10.9. The number of thioether (sulfide) groups is 1. The van der Waals surface area contributed by atoms with E-state index in [1.807, 2.05) is 12.1 Å². The Kier molecular flexibility index (Phi) is 5.73. The number of ether oxygens (including phenoxy) is 1. The van der Waals surface area contributed by atoms with E-state index in [9.17, 15) is 4.79 Å². The van der Waals surface area contributed by atoms with Crippen LogP contribution in [0.1, 0.15) is 19.3 Å². The van der Waals surface area contributed by atoms with Crippen LogP contribution in [0.4, 0.5) is 0 Å². The molecule has 1 atom stereocenters. The second kappa shape index (κ2) is 7.31. The molecule has 0 heterocycles. The van der Waals surface area contributed by atoms with Crippen molar-refractivity contribution in [3.05, 3.63) is 28.7 Å². The Bertz CT molecular complexity index is 437. The molecule has 19 heavy (non-hydrogen) atoms. The maximum atomic E-state index is 11.7. The van der Waals surface area contributed by atoms with Gasteiger partial charge in [0.05, 0.1) is 7.11 Å². The molecule has 1 N–H and O–H groups in total. The van der Waals surface area contributed by atoms with Crippen molar-refractivity contribution in [2.24, 2.45) is 0 Å². The minimum absolute atomic E-state index is 0.151. The quantitative estimate of drug-likeness (QED) is 0.609. The van der Waals surface area contributed by atoms with E-state index in [0.717, 1.165) is 16.6 Å². The molecule has 0 aromatic heterocycles. The molecule has 1 fully saturated rings. The van der Waals surface area contributed by atoms with Crippen LogP contribution in [0.25, 0.3) is 0 Å². The van der Waals surface area contributed by atoms with Crippen LogP contribution in [0.2, 0.25) is 0 Å². The standard InChI is InChI=1S/C14H18BrNO2S/c1-18-14(17)13(16-11-5-6-11)7-8-19-12-4-2-3-10(15)9-12/h2-4,9,11,13,16H,5-8H2,1H3. The van der Waals surface area contributed by atoms with E-state index in [4.69, 9.17) is 4.74 Å². The van der Waals surface area contributed by atoms with Crippen molar-refractivity contribution in [1.82, 2.24) is 5.32 Å². The van der Waals surface area contributed by atoms with Crippen molar-refractivity contribution in [2.45, 2.75) is 36.2 Å². The van der Waals surface area contributed by atoms with Gasteiger partial charge in [-0.3, -0.25) is 4.79 Å². The first kappa shape index (κ1) is 14.9. The van der Waals surface area contributed by atoms with Crippen LogP contribution < -0.4 is 5.32 Å². The monoisotopic (exact) mass is 343 g/mol. The summed E-state index contributed by atoms with van der Waals surface area (Å²) in [6.45, 7) is 0. The highest BCUT2D eigenvalue weighted by Crippen LogP contribution is 2.24. The molecule has 0 radical (unpaired) electrons. The minimum atomic E-state index is -0.169. The molecular formula is C14H18BrNO2S. The van der Waals surface area contributed by atoms with E-state index >= 15 is 0 Å². The molecule has 1 aliphatic carbocycles. The topological polar surface area (TPSA) is 38.3 Å². The third-order valence-corrected chi connectivity index (χ3v) is 4.49. The number of methoxy groups -OCH3 is 1. The Hall–Kier alpha value is -0.520. The Morgan fingerprint density at radius 1 is 1.58 bits per heavy atom. The second-order valence-corrected chi connectivity index (χ2v) is 6.70. The van der Waals surface area contributed by atoms with Crippen molar-refractivity contribution in [3.63, 3.8) is 0 Å². The van der Waals surface area contributed by atoms with Gasteiger partial charge in [0.25, 0.3) is 0 Å². The molecule has 0 amide bonds. The van der Waals surface area contributed by atoms with Crippen molar-refractivity contribution in [3.8, 4) is 0 Å². The number of esters is 1. The van der Waals surface area contributed by atoms with Gasteiger partial charge in [-0.1, -0.05) is 22.0 Å². The fourth-order valence-corrected chi connectivity index (χ4v) is 3.32. The zero-order chi connectivity index (χ0) is 13.7. The van der Waals surface area contributed by atoms with Gasteiger partial charge in [-0.05, 0) is 37.5 Å². The fourth-order valence-electron chi connectivity index (χ4n) is 1.80. The first-order valence-electron chi connectivity index (χ1n) is 6.41. The summed E-state index contributed by atoms with van der Waals surface area (Å²) >= 11 is 5.22. The number of halogens is 1. The molecule has 0 bridgehead atoms. The van der Waals surface area contributed by atoms with Gasteiger partial charge in [0.2, 0.25) is 0 Å². The first-order valence-corrected chi connectivity index (χ1v) is 8.19. The predicted octanol–water partition coefficient (Wildman–Crippen LogP) is 3.22. The molecule has 3 nitrogen and oxygen atoms in total. The Balaban J connectivity index is 1.79. The summed E-state index contributed by atoms with van der Waals surface area (Å²) in [5.41, 5.74) is 0. The molecule has 1 aromatic rings. The molecule has 0 saturated heterocycles. The third-order valence-electron chi connectivity index (χ3n) is 2.97. The number of benzene rings is 1. The molecule has 2 rings (SSSR count). The number of hydrogen-bond donors (Lipinski definition) is 1. The molecule has 5 heteroatoms. The van der Waals surface area contributed by atoms with Crippen LogP contribution in [0, 0.1) is 0 Å². The van der Waals surface area contributed by atoms with Crippen LogP contribution in [0.15, 0.2) is 33.6 Å². The van der Waals surface area contributed by atoms with Gasteiger partial charge in [0, 0.05) is 21.2 Å². The lowest BCUT2D eigenvalue weighted by Gasteiger charge is -2.15. The highest BCUT2D eigenvalue weighted by atomic mass is 79.9. The summed E-state index contributed by atoms with van der Waals surface area (Å²) in [6.07, 6.45) is 3.14. The van der Waals surface area contributed by atoms with Crippen LogP contribution in [-0.4, -0.2) is 30.9 Å². The summed E-state index contributed by atoms with van der Waals surface area (Å²) in [5, 5.41) is 3.34. The smallest absolute Gasteiger partial charge is 0.322 e. The van der Waals surface area contributed by atoms with E-state index in [2.05, 4.69) is 33.4 Å². The van der Waals surface area contributed by atoms with Gasteiger partial charge >= 0.3 is 5.97 Å². The first-order chi connectivity index (χ1) is 9.19. The number of carbonyl (C=O) groups excluding carboxylic acids is 1. The largest absolute Gasteiger partial charge is 0.468 e. The maximum absolute atomic E-state index is 11.7. The fraction of sp³-hybridized carbons (Fsp3) is 0.500. The van der Waals surface area contributed by atoms with Gasteiger partial charge in [0.15, 0.2) is 0 Å². The van der Waals surface area contributed by atoms with E-state index < -0.39 is 0 Å². The van der Waals surface area contributed by atoms with Crippen LogP contribution in [-0.2, 0) is 9.53 Å². The van der Waals surface area contributed by atoms with Crippen LogP contribution >= 0.6 is 27.7 Å². The lowest BCUT2D eigenvalue weighted by atomic mass is 10.2. The summed E-state index contributed by atoms with van der Waals surface area (Å²) in [7, 11) is 1.45. The summed E-state index contributed by atoms with van der Waals surface area (Å²) in [4.78, 5) is 12.9. The molecule has 1 aromatic carbocycles. The maximum Gasteiger partial charge on any atom is 0.322 e. The Morgan fingerprint density at radius 3 is 3.00 bits per heavy atom. The van der Waals surface area contributed by atoms with E-state index in [0.29, 0.717) is 6.04 Å².